The third-order valence-electron chi connectivity index (χ3n) is 3.50. The molecule has 0 aliphatic carbocycles. The van der Waals surface area contributed by atoms with Crippen LogP contribution in [-0.2, 0) is 4.79 Å². The van der Waals surface area contributed by atoms with Crippen LogP contribution in [0.15, 0.2) is 48.8 Å². The van der Waals surface area contributed by atoms with E-state index in [2.05, 4.69) is 15.3 Å². The summed E-state index contributed by atoms with van der Waals surface area (Å²) in [6, 6.07) is 11.8. The van der Waals surface area contributed by atoms with E-state index in [1.54, 1.807) is 6.20 Å². The molecule has 1 amide bonds. The second-order valence-corrected chi connectivity index (χ2v) is 4.70. The van der Waals surface area contributed by atoms with Gasteiger partial charge in [-0.15, -0.1) is 0 Å². The van der Waals surface area contributed by atoms with Crippen LogP contribution in [0.5, 0.6) is 0 Å². The lowest BCUT2D eigenvalue weighted by Gasteiger charge is -1.96. The molecule has 4 rings (SSSR count). The van der Waals surface area contributed by atoms with Gasteiger partial charge in [0.2, 0.25) is 0 Å². The van der Waals surface area contributed by atoms with Crippen LogP contribution < -0.4 is 5.32 Å². The van der Waals surface area contributed by atoms with Crippen molar-refractivity contribution in [2.75, 3.05) is 5.32 Å². The maximum atomic E-state index is 12.1. The van der Waals surface area contributed by atoms with Gasteiger partial charge in [0.25, 0.3) is 5.91 Å². The average molecular weight is 261 g/mol. The molecule has 0 saturated heterocycles. The first-order valence-electron chi connectivity index (χ1n) is 6.37. The van der Waals surface area contributed by atoms with Gasteiger partial charge in [-0.25, -0.2) is 4.98 Å². The molecule has 0 atom stereocenters. The van der Waals surface area contributed by atoms with E-state index in [0.29, 0.717) is 11.4 Å². The van der Waals surface area contributed by atoms with Crippen LogP contribution in [0.4, 0.5) is 5.82 Å². The van der Waals surface area contributed by atoms with E-state index >= 15 is 0 Å². The number of nitrogens with zero attached hydrogens (tertiary/aromatic N) is 1. The zero-order valence-corrected chi connectivity index (χ0v) is 10.6. The Bertz CT molecular complexity index is 861. The number of hydrogen-bond acceptors (Lipinski definition) is 2. The molecule has 0 saturated carbocycles. The van der Waals surface area contributed by atoms with Gasteiger partial charge >= 0.3 is 0 Å². The SMILES string of the molecule is O=C1Nc2ncccc2C1=Cc1c[nH]c2ccccc12. The number of aromatic nitrogens is 2. The van der Waals surface area contributed by atoms with Crippen molar-refractivity contribution < 1.29 is 4.79 Å². The van der Waals surface area contributed by atoms with E-state index < -0.39 is 0 Å². The van der Waals surface area contributed by atoms with Crippen molar-refractivity contribution in [1.29, 1.82) is 0 Å². The topological polar surface area (TPSA) is 57.8 Å². The summed E-state index contributed by atoms with van der Waals surface area (Å²) < 4.78 is 0. The molecule has 96 valence electrons. The average Bonchev–Trinajstić information content (AvgIpc) is 3.02. The fourth-order valence-electron chi connectivity index (χ4n) is 2.53. The summed E-state index contributed by atoms with van der Waals surface area (Å²) in [5, 5.41) is 3.88. The highest BCUT2D eigenvalue weighted by Crippen LogP contribution is 2.32. The molecule has 3 heterocycles. The summed E-state index contributed by atoms with van der Waals surface area (Å²) in [7, 11) is 0. The van der Waals surface area contributed by atoms with Gasteiger partial charge in [0.15, 0.2) is 0 Å². The summed E-state index contributed by atoms with van der Waals surface area (Å²) in [5.41, 5.74) is 3.56. The van der Waals surface area contributed by atoms with Crippen molar-refractivity contribution in [1.82, 2.24) is 9.97 Å². The number of H-pyrrole nitrogens is 1. The van der Waals surface area contributed by atoms with Crippen LogP contribution >= 0.6 is 0 Å². The van der Waals surface area contributed by atoms with Crippen LogP contribution in [0.3, 0.4) is 0 Å². The molecule has 20 heavy (non-hydrogen) atoms. The molecule has 1 aliphatic heterocycles. The highest BCUT2D eigenvalue weighted by atomic mass is 16.2. The van der Waals surface area contributed by atoms with Gasteiger partial charge in [0, 0.05) is 34.4 Å². The summed E-state index contributed by atoms with van der Waals surface area (Å²) in [5.74, 6) is 0.521. The Morgan fingerprint density at radius 3 is 2.95 bits per heavy atom. The van der Waals surface area contributed by atoms with E-state index in [0.717, 1.165) is 22.0 Å². The number of anilines is 1. The van der Waals surface area contributed by atoms with Crippen molar-refractivity contribution in [2.45, 2.75) is 0 Å². The van der Waals surface area contributed by atoms with Crippen LogP contribution in [0.25, 0.3) is 22.6 Å². The van der Waals surface area contributed by atoms with Gasteiger partial charge in [-0.2, -0.15) is 0 Å². The van der Waals surface area contributed by atoms with E-state index in [9.17, 15) is 4.79 Å². The van der Waals surface area contributed by atoms with Gasteiger partial charge < -0.3 is 10.3 Å². The molecule has 4 heteroatoms. The molecule has 1 aliphatic rings. The first-order chi connectivity index (χ1) is 9.83. The number of hydrogen-bond donors (Lipinski definition) is 2. The van der Waals surface area contributed by atoms with Crippen molar-refractivity contribution >= 4 is 34.3 Å². The van der Waals surface area contributed by atoms with Crippen molar-refractivity contribution in [3.05, 3.63) is 59.9 Å². The molecule has 0 bridgehead atoms. The number of pyridine rings is 1. The highest BCUT2D eigenvalue weighted by Gasteiger charge is 2.24. The molecule has 3 aromatic rings. The fraction of sp³-hybridized carbons (Fsp3) is 0. The van der Waals surface area contributed by atoms with Crippen molar-refractivity contribution in [3.63, 3.8) is 0 Å². The van der Waals surface area contributed by atoms with Gasteiger partial charge in [0.1, 0.15) is 5.82 Å². The molecule has 0 radical (unpaired) electrons. The lowest BCUT2D eigenvalue weighted by Crippen LogP contribution is -2.04. The van der Waals surface area contributed by atoms with Crippen LogP contribution in [0, 0.1) is 0 Å². The Morgan fingerprint density at radius 1 is 1.10 bits per heavy atom. The monoisotopic (exact) mass is 261 g/mol. The summed E-state index contributed by atoms with van der Waals surface area (Å²) in [4.78, 5) is 19.4. The number of carbonyl (C=O) groups excluding carboxylic acids is 1. The van der Waals surface area contributed by atoms with Crippen LogP contribution in [0.1, 0.15) is 11.1 Å². The Kier molecular flexibility index (Phi) is 2.23. The number of fused-ring (bicyclic) bond motifs is 2. The number of amides is 1. The third kappa shape index (κ3) is 1.55. The minimum Gasteiger partial charge on any atom is -0.361 e. The Hall–Kier alpha value is -2.88. The van der Waals surface area contributed by atoms with Gasteiger partial charge in [0.05, 0.1) is 5.57 Å². The van der Waals surface area contributed by atoms with Crippen LogP contribution in [0.2, 0.25) is 0 Å². The number of benzene rings is 1. The number of aromatic amines is 1. The molecule has 0 spiro atoms. The quantitative estimate of drug-likeness (QED) is 0.661. The maximum Gasteiger partial charge on any atom is 0.257 e. The number of rotatable bonds is 1. The molecule has 0 unspecified atom stereocenters. The first kappa shape index (κ1) is 11.0. The van der Waals surface area contributed by atoms with E-state index in [-0.39, 0.29) is 5.91 Å². The molecular formula is C16H11N3O. The smallest absolute Gasteiger partial charge is 0.257 e. The standard InChI is InChI=1S/C16H11N3O/c20-16-13(12-5-3-7-17-15(12)19-16)8-10-9-18-14-6-2-1-4-11(10)14/h1-9,18H,(H,17,19,20). The van der Waals surface area contributed by atoms with Gasteiger partial charge in [-0.05, 0) is 24.3 Å². The van der Waals surface area contributed by atoms with Crippen LogP contribution in [-0.4, -0.2) is 15.9 Å². The second-order valence-electron chi connectivity index (χ2n) is 4.70. The Morgan fingerprint density at radius 2 is 2.00 bits per heavy atom. The van der Waals surface area contributed by atoms with E-state index in [1.807, 2.05) is 48.7 Å². The van der Waals surface area contributed by atoms with Crippen molar-refractivity contribution in [2.24, 2.45) is 0 Å². The highest BCUT2D eigenvalue weighted by molar-refractivity contribution is 6.34. The fourth-order valence-corrected chi connectivity index (χ4v) is 2.53. The van der Waals surface area contributed by atoms with Gasteiger partial charge in [-0.3, -0.25) is 4.79 Å². The zero-order chi connectivity index (χ0) is 13.5. The lowest BCUT2D eigenvalue weighted by molar-refractivity contribution is -0.110. The first-order valence-corrected chi connectivity index (χ1v) is 6.37. The predicted octanol–water partition coefficient (Wildman–Crippen LogP) is 3.06. The maximum absolute atomic E-state index is 12.1. The third-order valence-corrected chi connectivity index (χ3v) is 3.50. The summed E-state index contributed by atoms with van der Waals surface area (Å²) in [6.07, 6.45) is 5.49. The molecule has 4 nitrogen and oxygen atoms in total. The zero-order valence-electron chi connectivity index (χ0n) is 10.6. The molecule has 2 aromatic heterocycles. The molecule has 1 aromatic carbocycles. The molecule has 0 fully saturated rings. The summed E-state index contributed by atoms with van der Waals surface area (Å²) in [6.45, 7) is 0. The lowest BCUT2D eigenvalue weighted by atomic mass is 10.1. The number of nitrogens with one attached hydrogen (secondary N) is 2. The minimum atomic E-state index is -0.107. The predicted molar refractivity (Wildman–Crippen MR) is 79.0 cm³/mol. The normalized spacial score (nSPS) is 15.6. The number of carbonyl (C=O) groups is 1. The van der Waals surface area contributed by atoms with E-state index in [1.165, 1.54) is 0 Å². The molecular weight excluding hydrogens is 250 g/mol. The second kappa shape index (κ2) is 4.06. The summed E-state index contributed by atoms with van der Waals surface area (Å²) >= 11 is 0. The van der Waals surface area contributed by atoms with Gasteiger partial charge in [-0.1, -0.05) is 18.2 Å². The Labute approximate surface area is 115 Å². The number of para-hydroxylation sites is 1. The molecule has 2 N–H and O–H groups in total. The Balaban J connectivity index is 1.90. The van der Waals surface area contributed by atoms with E-state index in [4.69, 9.17) is 0 Å². The van der Waals surface area contributed by atoms with Crippen molar-refractivity contribution in [3.8, 4) is 0 Å². The minimum absolute atomic E-state index is 0.107. The largest absolute Gasteiger partial charge is 0.361 e.